The van der Waals surface area contributed by atoms with Crippen LogP contribution in [0.25, 0.3) is 10.9 Å². The molecule has 2 aromatic rings. The molecular weight excluding hydrogens is 260 g/mol. The van der Waals surface area contributed by atoms with E-state index >= 15 is 0 Å². The van der Waals surface area contributed by atoms with Crippen LogP contribution in [0.1, 0.15) is 36.2 Å². The van der Waals surface area contributed by atoms with E-state index in [9.17, 15) is 5.11 Å². The van der Waals surface area contributed by atoms with Gasteiger partial charge in [-0.1, -0.05) is 13.8 Å². The van der Waals surface area contributed by atoms with Gasteiger partial charge in [-0.25, -0.2) is 0 Å². The maximum absolute atomic E-state index is 9.37. The topological polar surface area (TPSA) is 28.4 Å². The number of aromatic nitrogens is 1. The van der Waals surface area contributed by atoms with E-state index in [1.165, 1.54) is 33.3 Å². The molecule has 1 aliphatic rings. The fourth-order valence-electron chi connectivity index (χ4n) is 3.50. The molecule has 1 aliphatic heterocycles. The Labute approximate surface area is 127 Å². The minimum absolute atomic E-state index is 0.254. The first-order chi connectivity index (χ1) is 10.0. The van der Waals surface area contributed by atoms with Crippen molar-refractivity contribution in [1.82, 2.24) is 9.47 Å². The molecule has 21 heavy (non-hydrogen) atoms. The van der Waals surface area contributed by atoms with Gasteiger partial charge in [-0.05, 0) is 54.6 Å². The van der Waals surface area contributed by atoms with Crippen molar-refractivity contribution in [3.05, 3.63) is 34.5 Å². The van der Waals surface area contributed by atoms with Gasteiger partial charge in [-0.15, -0.1) is 0 Å². The Kier molecular flexibility index (Phi) is 3.80. The molecular formula is C18H26N2O. The summed E-state index contributed by atoms with van der Waals surface area (Å²) in [6.07, 6.45) is 0.954. The van der Waals surface area contributed by atoms with Gasteiger partial charge >= 0.3 is 0 Å². The molecule has 0 bridgehead atoms. The lowest BCUT2D eigenvalue weighted by Crippen LogP contribution is -2.14. The van der Waals surface area contributed by atoms with Crippen molar-refractivity contribution < 1.29 is 5.11 Å². The van der Waals surface area contributed by atoms with Gasteiger partial charge in [0.2, 0.25) is 0 Å². The van der Waals surface area contributed by atoms with Gasteiger partial charge in [-0.2, -0.15) is 0 Å². The Balaban J connectivity index is 2.10. The van der Waals surface area contributed by atoms with Crippen molar-refractivity contribution in [3.8, 4) is 0 Å². The number of hydrogen-bond acceptors (Lipinski definition) is 2. The van der Waals surface area contributed by atoms with Gasteiger partial charge in [0, 0.05) is 43.3 Å². The van der Waals surface area contributed by atoms with Crippen molar-refractivity contribution in [2.75, 3.05) is 13.2 Å². The van der Waals surface area contributed by atoms with Crippen LogP contribution in [0.4, 0.5) is 0 Å². The van der Waals surface area contributed by atoms with Crippen molar-refractivity contribution in [2.24, 2.45) is 13.0 Å². The van der Waals surface area contributed by atoms with Crippen LogP contribution < -0.4 is 0 Å². The number of aliphatic hydroxyl groups is 1. The normalized spacial score (nSPS) is 16.6. The molecule has 1 aromatic heterocycles. The minimum atomic E-state index is 0.254. The van der Waals surface area contributed by atoms with Gasteiger partial charge < -0.3 is 9.67 Å². The number of rotatable bonds is 4. The van der Waals surface area contributed by atoms with Crippen LogP contribution >= 0.6 is 0 Å². The number of aryl methyl sites for hydroxylation is 1. The molecule has 0 aliphatic carbocycles. The zero-order chi connectivity index (χ0) is 15.1. The molecule has 1 aromatic carbocycles. The Morgan fingerprint density at radius 1 is 1.24 bits per heavy atom. The summed E-state index contributed by atoms with van der Waals surface area (Å²) < 4.78 is 2.31. The number of hydrogen-bond donors (Lipinski definition) is 1. The Hall–Kier alpha value is -1.32. The maximum Gasteiger partial charge on any atom is 0.0486 e. The van der Waals surface area contributed by atoms with Crippen LogP contribution in [0.3, 0.4) is 0 Å². The first-order valence-corrected chi connectivity index (χ1v) is 7.98. The second kappa shape index (κ2) is 5.47. The molecule has 3 nitrogen and oxygen atoms in total. The second-order valence-electron chi connectivity index (χ2n) is 6.56. The standard InChI is InChI=1S/C18H26N2O/c1-5-20-9-14-7-17-16(6-12(2)11-21)13(3)19(4)18(17)8-15(14)10-20/h7-8,12,21H,5-6,9-11H2,1-4H3. The fraction of sp³-hybridized carbons (Fsp3) is 0.556. The largest absolute Gasteiger partial charge is 0.396 e. The van der Waals surface area contributed by atoms with Crippen LogP contribution in [0.15, 0.2) is 12.1 Å². The molecule has 1 N–H and O–H groups in total. The summed E-state index contributed by atoms with van der Waals surface area (Å²) in [5.41, 5.74) is 7.04. The summed E-state index contributed by atoms with van der Waals surface area (Å²) in [5.74, 6) is 0.315. The summed E-state index contributed by atoms with van der Waals surface area (Å²) in [6.45, 7) is 10.1. The minimum Gasteiger partial charge on any atom is -0.396 e. The van der Waals surface area contributed by atoms with E-state index in [1.54, 1.807) is 0 Å². The van der Waals surface area contributed by atoms with Gasteiger partial charge in [0.15, 0.2) is 0 Å². The highest BCUT2D eigenvalue weighted by Crippen LogP contribution is 2.33. The van der Waals surface area contributed by atoms with Crippen LogP contribution in [-0.2, 0) is 26.6 Å². The first kappa shape index (κ1) is 14.6. The summed E-state index contributed by atoms with van der Waals surface area (Å²) in [4.78, 5) is 2.48. The number of fused-ring (bicyclic) bond motifs is 2. The van der Waals surface area contributed by atoms with Crippen molar-refractivity contribution in [2.45, 2.75) is 40.3 Å². The zero-order valence-electron chi connectivity index (χ0n) is 13.6. The molecule has 2 heterocycles. The molecule has 0 radical (unpaired) electrons. The fourth-order valence-corrected chi connectivity index (χ4v) is 3.50. The quantitative estimate of drug-likeness (QED) is 0.936. The lowest BCUT2D eigenvalue weighted by Gasteiger charge is -2.09. The zero-order valence-corrected chi connectivity index (χ0v) is 13.6. The Bertz CT molecular complexity index is 672. The van der Waals surface area contributed by atoms with E-state index in [-0.39, 0.29) is 6.61 Å². The van der Waals surface area contributed by atoms with E-state index in [1.807, 2.05) is 0 Å². The van der Waals surface area contributed by atoms with E-state index < -0.39 is 0 Å². The van der Waals surface area contributed by atoms with Gasteiger partial charge in [0.05, 0.1) is 0 Å². The average Bonchev–Trinajstić information content (AvgIpc) is 2.99. The number of benzene rings is 1. The third-order valence-corrected chi connectivity index (χ3v) is 5.04. The predicted molar refractivity (Wildman–Crippen MR) is 87.4 cm³/mol. The lowest BCUT2D eigenvalue weighted by molar-refractivity contribution is 0.237. The number of aliphatic hydroxyl groups excluding tert-OH is 1. The molecule has 0 saturated carbocycles. The van der Waals surface area contributed by atoms with Crippen LogP contribution in [0.5, 0.6) is 0 Å². The SMILES string of the molecule is CCN1Cc2cc3c(CC(C)CO)c(C)n(C)c3cc2C1. The van der Waals surface area contributed by atoms with Crippen molar-refractivity contribution >= 4 is 10.9 Å². The smallest absolute Gasteiger partial charge is 0.0486 e. The molecule has 1 atom stereocenters. The van der Waals surface area contributed by atoms with Gasteiger partial charge in [-0.3, -0.25) is 4.90 Å². The summed E-state index contributed by atoms with van der Waals surface area (Å²) >= 11 is 0. The third kappa shape index (κ3) is 2.39. The predicted octanol–water partition coefficient (Wildman–Crippen LogP) is 2.99. The number of nitrogens with zero attached hydrogens (tertiary/aromatic N) is 2. The molecule has 3 heteroatoms. The summed E-state index contributed by atoms with van der Waals surface area (Å²) in [6, 6.07) is 4.77. The lowest BCUT2D eigenvalue weighted by atomic mass is 9.97. The van der Waals surface area contributed by atoms with Crippen molar-refractivity contribution in [1.29, 1.82) is 0 Å². The molecule has 0 spiro atoms. The Morgan fingerprint density at radius 2 is 1.90 bits per heavy atom. The molecule has 0 saturated heterocycles. The Morgan fingerprint density at radius 3 is 2.52 bits per heavy atom. The second-order valence-corrected chi connectivity index (χ2v) is 6.56. The van der Waals surface area contributed by atoms with Crippen LogP contribution in [0, 0.1) is 12.8 Å². The third-order valence-electron chi connectivity index (χ3n) is 5.04. The van der Waals surface area contributed by atoms with Crippen molar-refractivity contribution in [3.63, 3.8) is 0 Å². The van der Waals surface area contributed by atoms with E-state index in [0.29, 0.717) is 5.92 Å². The molecule has 0 amide bonds. The molecule has 114 valence electrons. The summed E-state index contributed by atoms with van der Waals surface area (Å²) in [5, 5.41) is 10.8. The molecule has 1 unspecified atom stereocenters. The maximum atomic E-state index is 9.37. The highest BCUT2D eigenvalue weighted by molar-refractivity contribution is 5.87. The first-order valence-electron chi connectivity index (χ1n) is 7.98. The van der Waals surface area contributed by atoms with Crippen LogP contribution in [0.2, 0.25) is 0 Å². The summed E-state index contributed by atoms with van der Waals surface area (Å²) in [7, 11) is 2.16. The monoisotopic (exact) mass is 286 g/mol. The average molecular weight is 286 g/mol. The van der Waals surface area contributed by atoms with E-state index in [0.717, 1.165) is 26.1 Å². The highest BCUT2D eigenvalue weighted by atomic mass is 16.3. The van der Waals surface area contributed by atoms with E-state index in [4.69, 9.17) is 0 Å². The van der Waals surface area contributed by atoms with E-state index in [2.05, 4.69) is 49.4 Å². The molecule has 3 rings (SSSR count). The van der Waals surface area contributed by atoms with Gasteiger partial charge in [0.1, 0.15) is 0 Å². The van der Waals surface area contributed by atoms with Gasteiger partial charge in [0.25, 0.3) is 0 Å². The van der Waals surface area contributed by atoms with Crippen LogP contribution in [-0.4, -0.2) is 27.7 Å². The molecule has 0 fully saturated rings. The highest BCUT2D eigenvalue weighted by Gasteiger charge is 2.21.